The van der Waals surface area contributed by atoms with Crippen LogP contribution in [0.25, 0.3) is 0 Å². The Hall–Kier alpha value is -4.66. The normalized spacial score (nSPS) is 16.8. The number of ether oxygens (including phenoxy) is 1. The van der Waals surface area contributed by atoms with E-state index in [0.717, 1.165) is 12.1 Å². The fraction of sp³-hybridized carbons (Fsp3) is 0.161. The maximum atomic E-state index is 13.9. The second-order valence-electron chi connectivity index (χ2n) is 9.41. The first-order valence-electron chi connectivity index (χ1n) is 12.4. The third kappa shape index (κ3) is 5.40. The molecule has 2 atom stereocenters. The summed E-state index contributed by atoms with van der Waals surface area (Å²) in [6.07, 6.45) is -4.58. The second kappa shape index (κ2) is 10.8. The number of carbonyl (C=O) groups is 2. The lowest BCUT2D eigenvalue weighted by atomic mass is 9.79. The summed E-state index contributed by atoms with van der Waals surface area (Å²) in [6.45, 7) is 0.0669. The standard InChI is InChI=1S/C31H24F4N2O3/c1-40-24-15-11-20(12-16-24)28-27(29(38)36-23-6-4-5-21(17-23)31(33,34)35)25-7-2-3-8-26(25)30(39)37(28)18-19-9-13-22(32)14-10-19/h2-17,27-28H,18H2,1H3,(H,36,38)/t27-,28-/m1/s1. The molecule has 0 unspecified atom stereocenters. The maximum absolute atomic E-state index is 13.9. The van der Waals surface area contributed by atoms with E-state index in [2.05, 4.69) is 5.32 Å². The molecule has 204 valence electrons. The lowest BCUT2D eigenvalue weighted by molar-refractivity contribution is -0.137. The third-order valence-electron chi connectivity index (χ3n) is 6.90. The lowest BCUT2D eigenvalue weighted by Crippen LogP contribution is -2.45. The molecule has 4 aromatic rings. The van der Waals surface area contributed by atoms with Gasteiger partial charge >= 0.3 is 6.18 Å². The summed E-state index contributed by atoms with van der Waals surface area (Å²) in [5, 5.41) is 2.64. The molecule has 0 saturated carbocycles. The van der Waals surface area contributed by atoms with Crippen LogP contribution in [0.15, 0.2) is 97.1 Å². The highest BCUT2D eigenvalue weighted by Gasteiger charge is 2.44. The van der Waals surface area contributed by atoms with Crippen LogP contribution < -0.4 is 10.1 Å². The van der Waals surface area contributed by atoms with Crippen LogP contribution >= 0.6 is 0 Å². The van der Waals surface area contributed by atoms with Gasteiger partial charge in [0.15, 0.2) is 0 Å². The van der Waals surface area contributed by atoms with Crippen LogP contribution in [-0.4, -0.2) is 23.8 Å². The van der Waals surface area contributed by atoms with E-state index in [1.165, 1.54) is 36.3 Å². The molecule has 1 aliphatic heterocycles. The SMILES string of the molecule is COc1ccc([C@@H]2[C@H](C(=O)Nc3cccc(C(F)(F)F)c3)c3ccccc3C(=O)N2Cc2ccc(F)cc2)cc1. The molecule has 0 bridgehead atoms. The van der Waals surface area contributed by atoms with Gasteiger partial charge in [0, 0.05) is 17.8 Å². The van der Waals surface area contributed by atoms with E-state index in [1.807, 2.05) is 0 Å². The zero-order valence-corrected chi connectivity index (χ0v) is 21.3. The number of hydrogen-bond donors (Lipinski definition) is 1. The highest BCUT2D eigenvalue weighted by Crippen LogP contribution is 2.44. The minimum absolute atomic E-state index is 0.0206. The van der Waals surface area contributed by atoms with Crippen molar-refractivity contribution >= 4 is 17.5 Å². The molecule has 5 rings (SSSR count). The Morgan fingerprint density at radius 3 is 2.30 bits per heavy atom. The molecule has 0 radical (unpaired) electrons. The average molecular weight is 549 g/mol. The molecule has 1 aliphatic rings. The Labute approximate surface area is 228 Å². The number of nitrogens with zero attached hydrogens (tertiary/aromatic N) is 1. The molecule has 1 heterocycles. The number of alkyl halides is 3. The summed E-state index contributed by atoms with van der Waals surface area (Å²) in [6, 6.07) is 22.8. The molecule has 0 spiro atoms. The van der Waals surface area contributed by atoms with E-state index >= 15 is 0 Å². The van der Waals surface area contributed by atoms with Crippen molar-refractivity contribution in [2.24, 2.45) is 0 Å². The molecule has 5 nitrogen and oxygen atoms in total. The molecular formula is C31H24F4N2O3. The number of nitrogens with one attached hydrogen (secondary N) is 1. The highest BCUT2D eigenvalue weighted by molar-refractivity contribution is 6.04. The summed E-state index contributed by atoms with van der Waals surface area (Å²) in [7, 11) is 1.52. The van der Waals surface area contributed by atoms with Crippen LogP contribution in [0.5, 0.6) is 5.75 Å². The van der Waals surface area contributed by atoms with Crippen LogP contribution in [0, 0.1) is 5.82 Å². The number of hydrogen-bond acceptors (Lipinski definition) is 3. The quantitative estimate of drug-likeness (QED) is 0.265. The van der Waals surface area contributed by atoms with Gasteiger partial charge in [-0.3, -0.25) is 9.59 Å². The number of fused-ring (bicyclic) bond motifs is 1. The van der Waals surface area contributed by atoms with E-state index < -0.39 is 35.4 Å². The second-order valence-corrected chi connectivity index (χ2v) is 9.41. The van der Waals surface area contributed by atoms with E-state index in [4.69, 9.17) is 4.74 Å². The van der Waals surface area contributed by atoms with Gasteiger partial charge in [0.05, 0.1) is 24.6 Å². The Kier molecular flexibility index (Phi) is 7.30. The van der Waals surface area contributed by atoms with Crippen molar-refractivity contribution in [2.75, 3.05) is 12.4 Å². The molecule has 4 aromatic carbocycles. The molecule has 0 aliphatic carbocycles. The number of amides is 2. The van der Waals surface area contributed by atoms with Crippen molar-refractivity contribution in [3.8, 4) is 5.75 Å². The fourth-order valence-corrected chi connectivity index (χ4v) is 5.00. The molecule has 40 heavy (non-hydrogen) atoms. The minimum Gasteiger partial charge on any atom is -0.497 e. The Balaban J connectivity index is 1.61. The predicted molar refractivity (Wildman–Crippen MR) is 141 cm³/mol. The van der Waals surface area contributed by atoms with Crippen molar-refractivity contribution in [1.29, 1.82) is 0 Å². The van der Waals surface area contributed by atoms with Gasteiger partial charge in [-0.2, -0.15) is 13.2 Å². The number of halogens is 4. The van der Waals surface area contributed by atoms with Crippen molar-refractivity contribution in [3.63, 3.8) is 0 Å². The molecule has 2 amide bonds. The van der Waals surface area contributed by atoms with Crippen LogP contribution in [0.2, 0.25) is 0 Å². The van der Waals surface area contributed by atoms with Crippen molar-refractivity contribution in [2.45, 2.75) is 24.7 Å². The summed E-state index contributed by atoms with van der Waals surface area (Å²) in [5.74, 6) is -1.74. The van der Waals surface area contributed by atoms with Gasteiger partial charge in [-0.05, 0) is 65.2 Å². The first-order chi connectivity index (χ1) is 19.2. The van der Waals surface area contributed by atoms with E-state index in [-0.39, 0.29) is 18.1 Å². The largest absolute Gasteiger partial charge is 0.497 e. The number of rotatable bonds is 6. The van der Waals surface area contributed by atoms with Crippen LogP contribution in [-0.2, 0) is 17.5 Å². The zero-order chi connectivity index (χ0) is 28.4. The third-order valence-corrected chi connectivity index (χ3v) is 6.90. The summed E-state index contributed by atoms with van der Waals surface area (Å²) in [5.41, 5.74) is 1.10. The molecule has 9 heteroatoms. The van der Waals surface area contributed by atoms with Crippen molar-refractivity contribution in [3.05, 3.63) is 131 Å². The van der Waals surface area contributed by atoms with Crippen LogP contribution in [0.1, 0.15) is 44.6 Å². The van der Waals surface area contributed by atoms with Crippen molar-refractivity contribution < 1.29 is 31.9 Å². The lowest BCUT2D eigenvalue weighted by Gasteiger charge is -2.42. The monoisotopic (exact) mass is 548 g/mol. The van der Waals surface area contributed by atoms with Gasteiger partial charge in [0.2, 0.25) is 5.91 Å². The summed E-state index contributed by atoms with van der Waals surface area (Å²) in [4.78, 5) is 29.3. The smallest absolute Gasteiger partial charge is 0.416 e. The topological polar surface area (TPSA) is 58.6 Å². The average Bonchev–Trinajstić information content (AvgIpc) is 2.95. The Morgan fingerprint density at radius 2 is 1.62 bits per heavy atom. The summed E-state index contributed by atoms with van der Waals surface area (Å²) >= 11 is 0. The number of methoxy groups -OCH3 is 1. The Bertz CT molecular complexity index is 1540. The van der Waals surface area contributed by atoms with E-state index in [9.17, 15) is 27.2 Å². The minimum atomic E-state index is -4.58. The summed E-state index contributed by atoms with van der Waals surface area (Å²) < 4.78 is 58.9. The van der Waals surface area contributed by atoms with Gasteiger partial charge in [0.1, 0.15) is 11.6 Å². The number of benzene rings is 4. The predicted octanol–water partition coefficient (Wildman–Crippen LogP) is 6.97. The maximum Gasteiger partial charge on any atom is 0.416 e. The van der Waals surface area contributed by atoms with Gasteiger partial charge in [-0.25, -0.2) is 4.39 Å². The molecular weight excluding hydrogens is 524 g/mol. The first kappa shape index (κ1) is 26.9. The van der Waals surface area contributed by atoms with Gasteiger partial charge in [-0.1, -0.05) is 48.5 Å². The molecule has 0 aromatic heterocycles. The van der Waals surface area contributed by atoms with E-state index in [0.29, 0.717) is 28.0 Å². The fourth-order valence-electron chi connectivity index (χ4n) is 5.00. The van der Waals surface area contributed by atoms with Gasteiger partial charge in [0.25, 0.3) is 5.91 Å². The zero-order valence-electron chi connectivity index (χ0n) is 21.3. The van der Waals surface area contributed by atoms with Gasteiger partial charge in [-0.15, -0.1) is 0 Å². The Morgan fingerprint density at radius 1 is 0.925 bits per heavy atom. The highest BCUT2D eigenvalue weighted by atomic mass is 19.4. The van der Waals surface area contributed by atoms with Crippen LogP contribution in [0.3, 0.4) is 0 Å². The van der Waals surface area contributed by atoms with Crippen LogP contribution in [0.4, 0.5) is 23.2 Å². The first-order valence-corrected chi connectivity index (χ1v) is 12.4. The van der Waals surface area contributed by atoms with E-state index in [1.54, 1.807) is 60.7 Å². The molecule has 1 N–H and O–H groups in total. The van der Waals surface area contributed by atoms with Crippen molar-refractivity contribution in [1.82, 2.24) is 4.90 Å². The molecule has 0 fully saturated rings. The number of anilines is 1. The number of carbonyl (C=O) groups excluding carboxylic acids is 2. The molecule has 0 saturated heterocycles. The van der Waals surface area contributed by atoms with Gasteiger partial charge < -0.3 is 15.0 Å².